The molecule has 1 aliphatic heterocycles. The van der Waals surface area contributed by atoms with Crippen molar-refractivity contribution >= 4 is 17.4 Å². The van der Waals surface area contributed by atoms with Crippen LogP contribution in [-0.2, 0) is 0 Å². The maximum absolute atomic E-state index is 4.40. The molecule has 0 bridgehead atoms. The van der Waals surface area contributed by atoms with E-state index in [0.717, 1.165) is 28.7 Å². The number of aryl methyl sites for hydroxylation is 1. The van der Waals surface area contributed by atoms with Crippen LogP contribution in [0.4, 0.5) is 5.69 Å². The molecule has 1 unspecified atom stereocenters. The summed E-state index contributed by atoms with van der Waals surface area (Å²) in [7, 11) is 0. The Morgan fingerprint density at radius 3 is 2.95 bits per heavy atom. The van der Waals surface area contributed by atoms with Gasteiger partial charge in [-0.2, -0.15) is 16.9 Å². The average molecular weight is 302 g/mol. The van der Waals surface area contributed by atoms with Crippen LogP contribution in [0.5, 0.6) is 0 Å². The van der Waals surface area contributed by atoms with Crippen LogP contribution in [0.25, 0.3) is 11.4 Å². The zero-order valence-corrected chi connectivity index (χ0v) is 13.6. The van der Waals surface area contributed by atoms with Crippen molar-refractivity contribution in [2.45, 2.75) is 33.2 Å². The molecule has 4 nitrogen and oxygen atoms in total. The third-order valence-corrected chi connectivity index (χ3v) is 5.24. The van der Waals surface area contributed by atoms with E-state index in [1.807, 2.05) is 18.7 Å². The summed E-state index contributed by atoms with van der Waals surface area (Å²) in [5.41, 5.74) is 2.53. The second kappa shape index (κ2) is 5.72. The monoisotopic (exact) mass is 302 g/mol. The number of hydrogen-bond acceptors (Lipinski definition) is 4. The van der Waals surface area contributed by atoms with Crippen LogP contribution in [0.3, 0.4) is 0 Å². The maximum atomic E-state index is 4.40. The number of rotatable bonds is 3. The van der Waals surface area contributed by atoms with Crippen LogP contribution in [0.2, 0.25) is 0 Å². The SMILES string of the molecule is Cc1nc(-c2cccc(NC3CSCCC3(C)C)c2)n[nH]1. The van der Waals surface area contributed by atoms with Gasteiger partial charge in [-0.1, -0.05) is 26.0 Å². The van der Waals surface area contributed by atoms with Gasteiger partial charge < -0.3 is 5.32 Å². The normalized spacial score (nSPS) is 21.2. The van der Waals surface area contributed by atoms with Gasteiger partial charge in [0.15, 0.2) is 5.82 Å². The van der Waals surface area contributed by atoms with Gasteiger partial charge in [-0.3, -0.25) is 5.10 Å². The predicted molar refractivity (Wildman–Crippen MR) is 89.7 cm³/mol. The van der Waals surface area contributed by atoms with E-state index in [2.05, 4.69) is 58.6 Å². The molecule has 1 aliphatic rings. The Kier molecular flexibility index (Phi) is 3.93. The quantitative estimate of drug-likeness (QED) is 0.907. The summed E-state index contributed by atoms with van der Waals surface area (Å²) in [5, 5.41) is 10.8. The molecule has 5 heteroatoms. The lowest BCUT2D eigenvalue weighted by atomic mass is 9.82. The van der Waals surface area contributed by atoms with E-state index >= 15 is 0 Å². The van der Waals surface area contributed by atoms with Crippen molar-refractivity contribution in [2.75, 3.05) is 16.8 Å². The highest BCUT2D eigenvalue weighted by Gasteiger charge is 2.32. The van der Waals surface area contributed by atoms with Crippen molar-refractivity contribution in [3.8, 4) is 11.4 Å². The van der Waals surface area contributed by atoms with Crippen molar-refractivity contribution in [3.05, 3.63) is 30.1 Å². The number of aromatic amines is 1. The molecule has 112 valence electrons. The zero-order chi connectivity index (χ0) is 14.9. The van der Waals surface area contributed by atoms with Crippen molar-refractivity contribution in [3.63, 3.8) is 0 Å². The number of thioether (sulfide) groups is 1. The molecule has 2 aromatic rings. The summed E-state index contributed by atoms with van der Waals surface area (Å²) in [6, 6.07) is 8.87. The lowest BCUT2D eigenvalue weighted by Crippen LogP contribution is -2.41. The lowest BCUT2D eigenvalue weighted by Gasteiger charge is -2.39. The fraction of sp³-hybridized carbons (Fsp3) is 0.500. The van der Waals surface area contributed by atoms with Gasteiger partial charge in [0, 0.05) is 23.0 Å². The average Bonchev–Trinajstić information content (AvgIpc) is 2.88. The van der Waals surface area contributed by atoms with Gasteiger partial charge in [0.25, 0.3) is 0 Å². The molecule has 0 aliphatic carbocycles. The van der Waals surface area contributed by atoms with Gasteiger partial charge >= 0.3 is 0 Å². The third kappa shape index (κ3) is 3.23. The van der Waals surface area contributed by atoms with E-state index in [1.54, 1.807) is 0 Å². The summed E-state index contributed by atoms with van der Waals surface area (Å²) >= 11 is 2.04. The molecule has 1 saturated heterocycles. The van der Waals surface area contributed by atoms with Crippen LogP contribution < -0.4 is 5.32 Å². The maximum Gasteiger partial charge on any atom is 0.181 e. The molecule has 0 saturated carbocycles. The standard InChI is InChI=1S/C16H22N4S/c1-11-17-15(20-19-11)12-5-4-6-13(9-12)18-14-10-21-8-7-16(14,2)3/h4-6,9,14,18H,7-8,10H2,1-3H3,(H,17,19,20). The molecule has 2 N–H and O–H groups in total. The molecule has 1 aromatic heterocycles. The van der Waals surface area contributed by atoms with E-state index in [-0.39, 0.29) is 0 Å². The first kappa shape index (κ1) is 14.4. The highest BCUT2D eigenvalue weighted by molar-refractivity contribution is 7.99. The first-order valence-corrected chi connectivity index (χ1v) is 8.54. The van der Waals surface area contributed by atoms with Gasteiger partial charge in [0.05, 0.1) is 0 Å². The molecule has 1 atom stereocenters. The van der Waals surface area contributed by atoms with E-state index in [1.165, 1.54) is 12.2 Å². The van der Waals surface area contributed by atoms with Gasteiger partial charge in [-0.25, -0.2) is 4.98 Å². The van der Waals surface area contributed by atoms with Gasteiger partial charge in [-0.15, -0.1) is 0 Å². The minimum Gasteiger partial charge on any atom is -0.381 e. The minimum absolute atomic E-state index is 0.336. The van der Waals surface area contributed by atoms with Crippen molar-refractivity contribution in [2.24, 2.45) is 5.41 Å². The summed E-state index contributed by atoms with van der Waals surface area (Å²) in [4.78, 5) is 4.40. The van der Waals surface area contributed by atoms with Crippen LogP contribution >= 0.6 is 11.8 Å². The van der Waals surface area contributed by atoms with Crippen molar-refractivity contribution < 1.29 is 0 Å². The Hall–Kier alpha value is -1.49. The number of anilines is 1. The molecule has 3 rings (SSSR count). The largest absolute Gasteiger partial charge is 0.381 e. The molecule has 21 heavy (non-hydrogen) atoms. The number of aromatic nitrogens is 3. The molecule has 0 amide bonds. The molecule has 0 spiro atoms. The van der Waals surface area contributed by atoms with E-state index in [4.69, 9.17) is 0 Å². The first-order chi connectivity index (χ1) is 10.0. The van der Waals surface area contributed by atoms with Gasteiger partial charge in [-0.05, 0) is 36.6 Å². The molecular formula is C16H22N4S. The molecule has 1 fully saturated rings. The highest BCUT2D eigenvalue weighted by Crippen LogP contribution is 2.36. The zero-order valence-electron chi connectivity index (χ0n) is 12.8. The van der Waals surface area contributed by atoms with Crippen molar-refractivity contribution in [1.82, 2.24) is 15.2 Å². The second-order valence-corrected chi connectivity index (χ2v) is 7.49. The molecule has 2 heterocycles. The number of nitrogens with zero attached hydrogens (tertiary/aromatic N) is 2. The third-order valence-electron chi connectivity index (χ3n) is 4.18. The number of hydrogen-bond donors (Lipinski definition) is 2. The number of H-pyrrole nitrogens is 1. The Labute approximate surface area is 130 Å². The summed E-state index contributed by atoms with van der Waals surface area (Å²) in [5.74, 6) is 4.03. The Bertz CT molecular complexity index is 620. The van der Waals surface area contributed by atoms with E-state index in [9.17, 15) is 0 Å². The second-order valence-electron chi connectivity index (χ2n) is 6.34. The number of nitrogens with one attached hydrogen (secondary N) is 2. The van der Waals surface area contributed by atoms with Crippen LogP contribution in [-0.4, -0.2) is 32.7 Å². The van der Waals surface area contributed by atoms with Crippen LogP contribution in [0.1, 0.15) is 26.1 Å². The van der Waals surface area contributed by atoms with E-state index in [0.29, 0.717) is 11.5 Å². The molecular weight excluding hydrogens is 280 g/mol. The number of benzene rings is 1. The summed E-state index contributed by atoms with van der Waals surface area (Å²) in [6.07, 6.45) is 1.26. The predicted octanol–water partition coefficient (Wildman–Crippen LogP) is 3.72. The van der Waals surface area contributed by atoms with E-state index < -0.39 is 0 Å². The van der Waals surface area contributed by atoms with Crippen molar-refractivity contribution in [1.29, 1.82) is 0 Å². The highest BCUT2D eigenvalue weighted by atomic mass is 32.2. The first-order valence-electron chi connectivity index (χ1n) is 7.38. The van der Waals surface area contributed by atoms with Gasteiger partial charge in [0.2, 0.25) is 0 Å². The van der Waals surface area contributed by atoms with Crippen LogP contribution in [0.15, 0.2) is 24.3 Å². The topological polar surface area (TPSA) is 53.6 Å². The minimum atomic E-state index is 0.336. The van der Waals surface area contributed by atoms with Crippen LogP contribution in [0, 0.1) is 12.3 Å². The fourth-order valence-electron chi connectivity index (χ4n) is 2.59. The molecule has 1 aromatic carbocycles. The summed E-state index contributed by atoms with van der Waals surface area (Å²) in [6.45, 7) is 6.63. The summed E-state index contributed by atoms with van der Waals surface area (Å²) < 4.78 is 0. The smallest absolute Gasteiger partial charge is 0.181 e. The fourth-order valence-corrected chi connectivity index (χ4v) is 4.20. The Balaban J connectivity index is 1.80. The molecule has 0 radical (unpaired) electrons. The Morgan fingerprint density at radius 1 is 1.38 bits per heavy atom. The Morgan fingerprint density at radius 2 is 2.24 bits per heavy atom. The lowest BCUT2D eigenvalue weighted by molar-refractivity contribution is 0.305. The van der Waals surface area contributed by atoms with Gasteiger partial charge in [0.1, 0.15) is 5.82 Å².